The van der Waals surface area contributed by atoms with Crippen LogP contribution in [-0.2, 0) is 21.2 Å². The number of nitrogens with zero attached hydrogens (tertiary/aromatic N) is 1. The van der Waals surface area contributed by atoms with Gasteiger partial charge in [-0.2, -0.15) is 0 Å². The van der Waals surface area contributed by atoms with Crippen molar-refractivity contribution in [3.63, 3.8) is 0 Å². The topological polar surface area (TPSA) is 66.5 Å². The van der Waals surface area contributed by atoms with Gasteiger partial charge in [-0.1, -0.05) is 54.1 Å². The predicted octanol–water partition coefficient (Wildman–Crippen LogP) is 4.19. The van der Waals surface area contributed by atoms with E-state index in [-0.39, 0.29) is 5.91 Å². The van der Waals surface area contributed by atoms with Gasteiger partial charge in [0.1, 0.15) is 0 Å². The Balaban J connectivity index is 1.27. The summed E-state index contributed by atoms with van der Waals surface area (Å²) < 4.78 is 27.3. The number of anilines is 1. The number of benzene rings is 3. The lowest BCUT2D eigenvalue weighted by molar-refractivity contribution is -0.121. The number of sulfonamides is 1. The van der Waals surface area contributed by atoms with E-state index >= 15 is 0 Å². The number of nitrogens with one attached hydrogen (secondary N) is 1. The van der Waals surface area contributed by atoms with Gasteiger partial charge < -0.3 is 5.32 Å². The highest BCUT2D eigenvalue weighted by Crippen LogP contribution is 2.41. The second-order valence-corrected chi connectivity index (χ2v) is 9.58. The van der Waals surface area contributed by atoms with Gasteiger partial charge in [-0.25, -0.2) is 8.42 Å². The van der Waals surface area contributed by atoms with Crippen molar-refractivity contribution in [2.24, 2.45) is 0 Å². The highest BCUT2D eigenvalue weighted by atomic mass is 32.2. The summed E-state index contributed by atoms with van der Waals surface area (Å²) in [6.45, 7) is 2.99. The predicted molar refractivity (Wildman–Crippen MR) is 120 cm³/mol. The zero-order chi connectivity index (χ0) is 21.1. The number of hydrogen-bond acceptors (Lipinski definition) is 3. The average molecular weight is 423 g/mol. The number of aryl methyl sites for hydroxylation is 2. The van der Waals surface area contributed by atoms with Crippen LogP contribution in [-0.4, -0.2) is 27.4 Å². The fourth-order valence-corrected chi connectivity index (χ4v) is 5.69. The fraction of sp³-hybridized carbons (Fsp3) is 0.292. The summed E-state index contributed by atoms with van der Waals surface area (Å²) in [7, 11) is -3.55. The summed E-state index contributed by atoms with van der Waals surface area (Å²) in [5.74, 6) is -0.0359. The SMILES string of the molecule is Cc1ccc(CCCNC(=O)CCCN2c3cccc4cccc(c34)S2(=O)=O)cc1. The highest BCUT2D eigenvalue weighted by Gasteiger charge is 2.34. The second kappa shape index (κ2) is 8.48. The summed E-state index contributed by atoms with van der Waals surface area (Å²) in [5.41, 5.74) is 3.22. The molecule has 0 spiro atoms. The smallest absolute Gasteiger partial charge is 0.265 e. The van der Waals surface area contributed by atoms with Crippen LogP contribution in [0.5, 0.6) is 0 Å². The standard InChI is InChI=1S/C24H26N2O3S/c1-18-12-14-19(15-13-18)6-4-16-25-23(27)11-5-17-26-21-9-2-7-20-8-3-10-22(24(20)21)30(26,28)29/h2-3,7-10,12-15H,4-6,11,16-17H2,1H3,(H,25,27). The summed E-state index contributed by atoms with van der Waals surface area (Å²) in [6, 6.07) is 19.4. The van der Waals surface area contributed by atoms with E-state index < -0.39 is 10.0 Å². The van der Waals surface area contributed by atoms with Crippen molar-refractivity contribution in [2.45, 2.75) is 37.5 Å². The third-order valence-corrected chi connectivity index (χ3v) is 7.39. The molecule has 0 aromatic heterocycles. The molecule has 0 aliphatic carbocycles. The fourth-order valence-electron chi connectivity index (χ4n) is 3.95. The number of carbonyl (C=O) groups is 1. The molecule has 5 nitrogen and oxygen atoms in total. The van der Waals surface area contributed by atoms with E-state index in [0.29, 0.717) is 36.5 Å². The molecule has 1 aliphatic rings. The lowest BCUT2D eigenvalue weighted by atomic mass is 10.1. The van der Waals surface area contributed by atoms with Gasteiger partial charge in [0.05, 0.1) is 10.6 Å². The molecular formula is C24H26N2O3S. The van der Waals surface area contributed by atoms with Gasteiger partial charge >= 0.3 is 0 Å². The van der Waals surface area contributed by atoms with E-state index in [4.69, 9.17) is 0 Å². The van der Waals surface area contributed by atoms with E-state index in [1.807, 2.05) is 24.3 Å². The van der Waals surface area contributed by atoms with Crippen LogP contribution < -0.4 is 9.62 Å². The Morgan fingerprint density at radius 3 is 2.47 bits per heavy atom. The molecule has 0 radical (unpaired) electrons. The number of rotatable bonds is 8. The van der Waals surface area contributed by atoms with Crippen molar-refractivity contribution in [1.82, 2.24) is 5.32 Å². The molecule has 1 aliphatic heterocycles. The lowest BCUT2D eigenvalue weighted by Gasteiger charge is -2.18. The molecule has 0 atom stereocenters. The summed E-state index contributed by atoms with van der Waals surface area (Å²) in [5, 5.41) is 4.64. The molecule has 0 saturated carbocycles. The van der Waals surface area contributed by atoms with Crippen LogP contribution in [0.4, 0.5) is 5.69 Å². The molecular weight excluding hydrogens is 396 g/mol. The van der Waals surface area contributed by atoms with Crippen molar-refractivity contribution in [3.8, 4) is 0 Å². The van der Waals surface area contributed by atoms with Crippen LogP contribution in [0, 0.1) is 6.92 Å². The van der Waals surface area contributed by atoms with Crippen LogP contribution in [0.25, 0.3) is 10.8 Å². The molecule has 1 heterocycles. The van der Waals surface area contributed by atoms with Gasteiger partial charge in [-0.15, -0.1) is 0 Å². The first kappa shape index (κ1) is 20.4. The molecule has 6 heteroatoms. The molecule has 0 fully saturated rings. The molecule has 30 heavy (non-hydrogen) atoms. The Hall–Kier alpha value is -2.86. The second-order valence-electron chi connectivity index (χ2n) is 7.75. The van der Waals surface area contributed by atoms with Gasteiger partial charge in [0.2, 0.25) is 5.91 Å². The highest BCUT2D eigenvalue weighted by molar-refractivity contribution is 7.93. The van der Waals surface area contributed by atoms with Gasteiger partial charge in [-0.05, 0) is 49.3 Å². The van der Waals surface area contributed by atoms with E-state index in [2.05, 4.69) is 36.5 Å². The Morgan fingerprint density at radius 2 is 1.70 bits per heavy atom. The Morgan fingerprint density at radius 1 is 0.967 bits per heavy atom. The molecule has 0 saturated heterocycles. The van der Waals surface area contributed by atoms with E-state index in [1.54, 1.807) is 12.1 Å². The molecule has 1 amide bonds. The molecule has 3 aromatic rings. The molecule has 1 N–H and O–H groups in total. The lowest BCUT2D eigenvalue weighted by Crippen LogP contribution is -2.30. The Bertz CT molecular complexity index is 1170. The summed E-state index contributed by atoms with van der Waals surface area (Å²) in [4.78, 5) is 12.5. The summed E-state index contributed by atoms with van der Waals surface area (Å²) in [6.07, 6.45) is 2.59. The number of carbonyl (C=O) groups excluding carboxylic acids is 1. The summed E-state index contributed by atoms with van der Waals surface area (Å²) >= 11 is 0. The van der Waals surface area contributed by atoms with E-state index in [9.17, 15) is 13.2 Å². The monoisotopic (exact) mass is 422 g/mol. The van der Waals surface area contributed by atoms with Crippen molar-refractivity contribution < 1.29 is 13.2 Å². The van der Waals surface area contributed by atoms with Crippen LogP contribution >= 0.6 is 0 Å². The van der Waals surface area contributed by atoms with Crippen LogP contribution in [0.3, 0.4) is 0 Å². The zero-order valence-corrected chi connectivity index (χ0v) is 17.9. The molecule has 156 valence electrons. The van der Waals surface area contributed by atoms with E-state index in [1.165, 1.54) is 15.4 Å². The van der Waals surface area contributed by atoms with Crippen LogP contribution in [0.2, 0.25) is 0 Å². The maximum absolute atomic E-state index is 12.9. The Kier molecular flexibility index (Phi) is 5.77. The first-order chi connectivity index (χ1) is 14.5. The van der Waals surface area contributed by atoms with Crippen molar-refractivity contribution >= 4 is 32.4 Å². The largest absolute Gasteiger partial charge is 0.356 e. The maximum atomic E-state index is 12.9. The van der Waals surface area contributed by atoms with Crippen LogP contribution in [0.1, 0.15) is 30.4 Å². The number of hydrogen-bond donors (Lipinski definition) is 1. The van der Waals surface area contributed by atoms with Crippen molar-refractivity contribution in [3.05, 3.63) is 71.8 Å². The average Bonchev–Trinajstić information content (AvgIpc) is 2.96. The molecule has 4 rings (SSSR count). The third-order valence-electron chi connectivity index (χ3n) is 5.53. The third kappa shape index (κ3) is 4.05. The minimum Gasteiger partial charge on any atom is -0.356 e. The van der Waals surface area contributed by atoms with E-state index in [0.717, 1.165) is 23.6 Å². The van der Waals surface area contributed by atoms with Gasteiger partial charge in [0.15, 0.2) is 0 Å². The normalized spacial score (nSPS) is 14.2. The molecule has 0 bridgehead atoms. The molecule has 3 aromatic carbocycles. The van der Waals surface area contributed by atoms with Gasteiger partial charge in [-0.3, -0.25) is 9.10 Å². The zero-order valence-electron chi connectivity index (χ0n) is 17.1. The van der Waals surface area contributed by atoms with Crippen LogP contribution in [0.15, 0.2) is 65.6 Å². The molecule has 0 unspecified atom stereocenters. The minimum absolute atomic E-state index is 0.0359. The Labute approximate surface area is 177 Å². The minimum atomic E-state index is -3.55. The first-order valence-electron chi connectivity index (χ1n) is 10.3. The van der Waals surface area contributed by atoms with Gasteiger partial charge in [0.25, 0.3) is 10.0 Å². The van der Waals surface area contributed by atoms with Crippen molar-refractivity contribution in [1.29, 1.82) is 0 Å². The van der Waals surface area contributed by atoms with Crippen molar-refractivity contribution in [2.75, 3.05) is 17.4 Å². The van der Waals surface area contributed by atoms with Gasteiger partial charge in [0, 0.05) is 24.9 Å². The first-order valence-corrected chi connectivity index (χ1v) is 11.8. The quantitative estimate of drug-likeness (QED) is 0.554. The maximum Gasteiger partial charge on any atom is 0.265 e. The number of amides is 1.